The highest BCUT2D eigenvalue weighted by Gasteiger charge is 2.27. The summed E-state index contributed by atoms with van der Waals surface area (Å²) in [5.41, 5.74) is 2.51. The van der Waals surface area contributed by atoms with Gasteiger partial charge < -0.3 is 10.6 Å². The topological polar surface area (TPSA) is 40.2 Å². The number of halogens is 1. The molecule has 26 heavy (non-hydrogen) atoms. The maximum absolute atomic E-state index is 4.58. The zero-order chi connectivity index (χ0) is 17.9. The van der Waals surface area contributed by atoms with E-state index in [2.05, 4.69) is 79.9 Å². The van der Waals surface area contributed by atoms with Crippen molar-refractivity contribution in [3.05, 3.63) is 52.6 Å². The Kier molecular flexibility index (Phi) is 5.46. The van der Waals surface area contributed by atoms with E-state index in [1.165, 1.54) is 24.8 Å². The fourth-order valence-electron chi connectivity index (χ4n) is 3.85. The molecule has 2 aromatic rings. The minimum Gasteiger partial charge on any atom is -0.381 e. The van der Waals surface area contributed by atoms with Crippen molar-refractivity contribution < 1.29 is 0 Å². The number of likely N-dealkylation sites (tertiary alicyclic amines) is 1. The van der Waals surface area contributed by atoms with Gasteiger partial charge in [-0.3, -0.25) is 4.90 Å². The average Bonchev–Trinajstić information content (AvgIpc) is 2.62. The molecule has 0 amide bonds. The lowest BCUT2D eigenvalue weighted by Gasteiger charge is -2.38. The zero-order valence-corrected chi connectivity index (χ0v) is 16.9. The molecule has 2 aliphatic rings. The summed E-state index contributed by atoms with van der Waals surface area (Å²) in [4.78, 5) is 7.04. The van der Waals surface area contributed by atoms with E-state index in [0.29, 0.717) is 18.1 Å². The van der Waals surface area contributed by atoms with Crippen LogP contribution in [0.15, 0.2) is 47.1 Å². The maximum atomic E-state index is 4.58. The average molecular weight is 415 g/mol. The van der Waals surface area contributed by atoms with E-state index >= 15 is 0 Å². The highest BCUT2D eigenvalue weighted by Crippen LogP contribution is 2.32. The molecule has 1 aliphatic heterocycles. The lowest BCUT2D eigenvalue weighted by Crippen LogP contribution is -2.39. The number of hydrogen-bond acceptors (Lipinski definition) is 4. The predicted molar refractivity (Wildman–Crippen MR) is 112 cm³/mol. The molecule has 0 spiro atoms. The van der Waals surface area contributed by atoms with Crippen LogP contribution in [0.1, 0.15) is 43.7 Å². The fraction of sp³-hybridized carbons (Fsp3) is 0.476. The third-order valence-corrected chi connectivity index (χ3v) is 6.25. The Bertz CT molecular complexity index is 712. The maximum Gasteiger partial charge on any atom is 0.126 e. The Morgan fingerprint density at radius 3 is 2.46 bits per heavy atom. The quantitative estimate of drug-likeness (QED) is 0.717. The number of benzene rings is 1. The van der Waals surface area contributed by atoms with Gasteiger partial charge in [-0.2, -0.15) is 0 Å². The standard InChI is InChI=1S/C21H27BrN4/c1-26-12-11-18(13-20(26)15-5-7-16(22)8-6-15)24-19-9-10-21(23-14-19)25-17-3-2-4-17/h5-10,14,17-18,20,24H,2-4,11-13H2,1H3,(H,23,25). The second-order valence-electron chi connectivity index (χ2n) is 7.62. The number of anilines is 2. The smallest absolute Gasteiger partial charge is 0.126 e. The molecule has 1 aromatic heterocycles. The third kappa shape index (κ3) is 4.21. The van der Waals surface area contributed by atoms with Crippen LogP contribution in [-0.4, -0.2) is 35.6 Å². The largest absolute Gasteiger partial charge is 0.381 e. The predicted octanol–water partition coefficient (Wildman–Crippen LogP) is 5.06. The van der Waals surface area contributed by atoms with Gasteiger partial charge in [0, 0.05) is 29.1 Å². The van der Waals surface area contributed by atoms with Crippen molar-refractivity contribution in [3.63, 3.8) is 0 Å². The number of nitrogens with zero attached hydrogens (tertiary/aromatic N) is 2. The summed E-state index contributed by atoms with van der Waals surface area (Å²) in [5.74, 6) is 0.997. The minimum absolute atomic E-state index is 0.460. The molecule has 5 heteroatoms. The van der Waals surface area contributed by atoms with E-state index in [1.54, 1.807) is 0 Å². The SMILES string of the molecule is CN1CCC(Nc2ccc(NC3CCC3)nc2)CC1c1ccc(Br)cc1. The first-order valence-electron chi connectivity index (χ1n) is 9.62. The monoisotopic (exact) mass is 414 g/mol. The van der Waals surface area contributed by atoms with Crippen LogP contribution in [0.4, 0.5) is 11.5 Å². The molecule has 2 heterocycles. The Morgan fingerprint density at radius 2 is 1.81 bits per heavy atom. The van der Waals surface area contributed by atoms with Crippen molar-refractivity contribution in [2.75, 3.05) is 24.2 Å². The van der Waals surface area contributed by atoms with Gasteiger partial charge in [-0.15, -0.1) is 0 Å². The molecule has 4 rings (SSSR count). The molecular weight excluding hydrogens is 388 g/mol. The van der Waals surface area contributed by atoms with Gasteiger partial charge in [0.25, 0.3) is 0 Å². The Balaban J connectivity index is 1.37. The van der Waals surface area contributed by atoms with Gasteiger partial charge in [-0.05, 0) is 69.0 Å². The first kappa shape index (κ1) is 17.8. The molecule has 1 aliphatic carbocycles. The number of rotatable bonds is 5. The van der Waals surface area contributed by atoms with E-state index in [4.69, 9.17) is 0 Å². The van der Waals surface area contributed by atoms with Crippen LogP contribution in [0.5, 0.6) is 0 Å². The Hall–Kier alpha value is -1.59. The van der Waals surface area contributed by atoms with E-state index in [-0.39, 0.29) is 0 Å². The normalized spacial score (nSPS) is 24.1. The summed E-state index contributed by atoms with van der Waals surface area (Å²) in [6.45, 7) is 1.10. The van der Waals surface area contributed by atoms with Gasteiger partial charge in [-0.25, -0.2) is 4.98 Å². The van der Waals surface area contributed by atoms with Crippen LogP contribution in [-0.2, 0) is 0 Å². The van der Waals surface area contributed by atoms with Gasteiger partial charge in [-0.1, -0.05) is 28.1 Å². The molecule has 2 unspecified atom stereocenters. The van der Waals surface area contributed by atoms with Crippen molar-refractivity contribution in [1.82, 2.24) is 9.88 Å². The molecule has 1 saturated heterocycles. The van der Waals surface area contributed by atoms with Crippen LogP contribution in [0.2, 0.25) is 0 Å². The molecule has 0 bridgehead atoms. The van der Waals surface area contributed by atoms with E-state index in [0.717, 1.165) is 35.4 Å². The fourth-order valence-corrected chi connectivity index (χ4v) is 4.12. The third-order valence-electron chi connectivity index (χ3n) is 5.72. The molecule has 1 aromatic carbocycles. The summed E-state index contributed by atoms with van der Waals surface area (Å²) in [5, 5.41) is 7.19. The second-order valence-corrected chi connectivity index (χ2v) is 8.53. The molecule has 0 radical (unpaired) electrons. The first-order chi connectivity index (χ1) is 12.7. The molecular formula is C21H27BrN4. The van der Waals surface area contributed by atoms with E-state index in [9.17, 15) is 0 Å². The van der Waals surface area contributed by atoms with Crippen LogP contribution in [0.25, 0.3) is 0 Å². The lowest BCUT2D eigenvalue weighted by molar-refractivity contribution is 0.177. The van der Waals surface area contributed by atoms with Crippen molar-refractivity contribution in [2.24, 2.45) is 0 Å². The Labute approximate surface area is 164 Å². The first-order valence-corrected chi connectivity index (χ1v) is 10.4. The molecule has 2 fully saturated rings. The van der Waals surface area contributed by atoms with Gasteiger partial charge in [0.1, 0.15) is 5.82 Å². The molecule has 1 saturated carbocycles. The molecule has 2 N–H and O–H groups in total. The summed E-state index contributed by atoms with van der Waals surface area (Å²) in [6.07, 6.45) is 8.12. The van der Waals surface area contributed by atoms with Gasteiger partial charge in [0.05, 0.1) is 11.9 Å². The van der Waals surface area contributed by atoms with Crippen molar-refractivity contribution in [2.45, 2.75) is 50.2 Å². The van der Waals surface area contributed by atoms with E-state index < -0.39 is 0 Å². The number of hydrogen-bond donors (Lipinski definition) is 2. The molecule has 4 nitrogen and oxygen atoms in total. The molecule has 138 valence electrons. The van der Waals surface area contributed by atoms with Crippen LogP contribution < -0.4 is 10.6 Å². The summed E-state index contributed by atoms with van der Waals surface area (Å²) in [6, 6.07) is 14.6. The van der Waals surface area contributed by atoms with Crippen molar-refractivity contribution in [3.8, 4) is 0 Å². The van der Waals surface area contributed by atoms with Crippen LogP contribution >= 0.6 is 15.9 Å². The highest BCUT2D eigenvalue weighted by molar-refractivity contribution is 9.10. The van der Waals surface area contributed by atoms with Gasteiger partial charge in [0.15, 0.2) is 0 Å². The van der Waals surface area contributed by atoms with Crippen LogP contribution in [0.3, 0.4) is 0 Å². The van der Waals surface area contributed by atoms with E-state index in [1.807, 2.05) is 6.20 Å². The van der Waals surface area contributed by atoms with Crippen molar-refractivity contribution in [1.29, 1.82) is 0 Å². The number of pyridine rings is 1. The summed E-state index contributed by atoms with van der Waals surface area (Å²) < 4.78 is 1.14. The van der Waals surface area contributed by atoms with Crippen molar-refractivity contribution >= 4 is 27.4 Å². The summed E-state index contributed by atoms with van der Waals surface area (Å²) >= 11 is 3.53. The molecule has 2 atom stereocenters. The van der Waals surface area contributed by atoms with Gasteiger partial charge >= 0.3 is 0 Å². The summed E-state index contributed by atoms with van der Waals surface area (Å²) in [7, 11) is 2.23. The van der Waals surface area contributed by atoms with Crippen LogP contribution in [0, 0.1) is 0 Å². The second kappa shape index (κ2) is 7.97. The number of piperidine rings is 1. The Morgan fingerprint density at radius 1 is 1.00 bits per heavy atom. The lowest BCUT2D eigenvalue weighted by atomic mass is 9.92. The highest BCUT2D eigenvalue weighted by atomic mass is 79.9. The number of aromatic nitrogens is 1. The zero-order valence-electron chi connectivity index (χ0n) is 15.3. The number of nitrogens with one attached hydrogen (secondary N) is 2. The van der Waals surface area contributed by atoms with Gasteiger partial charge in [0.2, 0.25) is 0 Å². The minimum atomic E-state index is 0.460.